The summed E-state index contributed by atoms with van der Waals surface area (Å²) in [5, 5.41) is 0. The number of alkyl halides is 2. The molecule has 0 N–H and O–H groups in total. The average molecular weight is 643 g/mol. The number of halogens is 2. The topological polar surface area (TPSA) is 63.7 Å². The van der Waals surface area contributed by atoms with E-state index in [0.29, 0.717) is 5.69 Å². The van der Waals surface area contributed by atoms with Gasteiger partial charge in [0.05, 0.1) is 31.7 Å². The Balaban J connectivity index is 1.29. The Labute approximate surface area is 242 Å². The van der Waals surface area contributed by atoms with Crippen LogP contribution in [0.3, 0.4) is 0 Å². The van der Waals surface area contributed by atoms with E-state index in [1.807, 2.05) is 78.9 Å². The highest BCUT2D eigenvalue weighted by atomic mass is 79.9. The van der Waals surface area contributed by atoms with Crippen molar-refractivity contribution in [3.63, 3.8) is 0 Å². The third-order valence-electron chi connectivity index (χ3n) is 8.14. The van der Waals surface area contributed by atoms with Crippen LogP contribution < -0.4 is 4.90 Å². The number of esters is 1. The Morgan fingerprint density at radius 3 is 1.69 bits per heavy atom. The number of benzene rings is 4. The second-order valence-corrected chi connectivity index (χ2v) is 12.6. The molecule has 4 aromatic rings. The molecular formula is C32H21Br2NO4. The fourth-order valence-electron chi connectivity index (χ4n) is 6.50. The van der Waals surface area contributed by atoms with E-state index in [2.05, 4.69) is 31.9 Å². The number of amides is 2. The summed E-state index contributed by atoms with van der Waals surface area (Å²) in [5.41, 5.74) is 5.40. The molecule has 2 bridgehead atoms. The van der Waals surface area contributed by atoms with E-state index in [0.717, 1.165) is 27.8 Å². The number of rotatable bonds is 4. The lowest BCUT2D eigenvalue weighted by atomic mass is 9.54. The molecule has 0 spiro atoms. The number of hydrogen-bond acceptors (Lipinski definition) is 4. The molecule has 7 heteroatoms. The lowest BCUT2D eigenvalue weighted by Crippen LogP contribution is -2.56. The summed E-state index contributed by atoms with van der Waals surface area (Å²) >= 11 is 8.03. The Morgan fingerprint density at radius 2 is 1.18 bits per heavy atom. The second kappa shape index (κ2) is 8.73. The molecule has 1 heterocycles. The molecule has 192 valence electrons. The minimum atomic E-state index is -0.867. The molecule has 8 rings (SSSR count). The molecular weight excluding hydrogens is 622 g/mol. The average Bonchev–Trinajstić information content (AvgIpc) is 3.26. The molecule has 1 saturated heterocycles. The van der Waals surface area contributed by atoms with Gasteiger partial charge in [-0.2, -0.15) is 0 Å². The van der Waals surface area contributed by atoms with E-state index in [9.17, 15) is 14.4 Å². The van der Waals surface area contributed by atoms with Crippen molar-refractivity contribution in [1.82, 2.24) is 0 Å². The van der Waals surface area contributed by atoms with Crippen molar-refractivity contribution in [3.8, 4) is 0 Å². The zero-order chi connectivity index (χ0) is 26.9. The van der Waals surface area contributed by atoms with Crippen molar-refractivity contribution in [2.45, 2.75) is 15.3 Å². The smallest absolute Gasteiger partial charge is 0.338 e. The van der Waals surface area contributed by atoms with Crippen LogP contribution in [0.25, 0.3) is 0 Å². The van der Waals surface area contributed by atoms with Crippen molar-refractivity contribution in [2.24, 2.45) is 11.8 Å². The van der Waals surface area contributed by atoms with Gasteiger partial charge < -0.3 is 4.74 Å². The fraction of sp³-hybridized carbons (Fsp3) is 0.156. The van der Waals surface area contributed by atoms with Crippen molar-refractivity contribution in [1.29, 1.82) is 0 Å². The van der Waals surface area contributed by atoms with Gasteiger partial charge in [-0.3, -0.25) is 9.59 Å². The fourth-order valence-corrected chi connectivity index (χ4v) is 8.80. The summed E-state index contributed by atoms with van der Waals surface area (Å²) in [6, 6.07) is 31.9. The molecule has 0 aromatic heterocycles. The van der Waals surface area contributed by atoms with Crippen LogP contribution in [0.15, 0.2) is 103 Å². The Bertz CT molecular complexity index is 1560. The van der Waals surface area contributed by atoms with Crippen LogP contribution in [0.2, 0.25) is 0 Å². The summed E-state index contributed by atoms with van der Waals surface area (Å²) < 4.78 is 3.76. The van der Waals surface area contributed by atoms with Gasteiger partial charge in [0, 0.05) is 0 Å². The van der Waals surface area contributed by atoms with Gasteiger partial charge in [-0.05, 0) is 46.0 Å². The van der Waals surface area contributed by atoms with Gasteiger partial charge in [0.25, 0.3) is 0 Å². The van der Waals surface area contributed by atoms with Gasteiger partial charge in [-0.1, -0.05) is 117 Å². The Hall–Kier alpha value is -3.55. The van der Waals surface area contributed by atoms with Crippen LogP contribution in [0, 0.1) is 11.8 Å². The highest BCUT2D eigenvalue weighted by Crippen LogP contribution is 2.70. The van der Waals surface area contributed by atoms with Crippen molar-refractivity contribution < 1.29 is 19.1 Å². The van der Waals surface area contributed by atoms with E-state index in [-0.39, 0.29) is 24.0 Å². The third-order valence-corrected chi connectivity index (χ3v) is 10.8. The normalized spacial score (nSPS) is 26.2. The van der Waals surface area contributed by atoms with Gasteiger partial charge in [0.2, 0.25) is 11.8 Å². The number of carbonyl (C=O) groups excluding carboxylic acids is 3. The number of hydrogen-bond donors (Lipinski definition) is 0. The SMILES string of the molecule is O=C(OCc1ccccc1)c1cccc(N2C(=O)[C@H]3[C@H](C2=O)C2(Br)c4ccccc4C3(Br)c3ccccc32)c1. The maximum atomic E-state index is 14.2. The molecule has 1 fully saturated rings. The van der Waals surface area contributed by atoms with E-state index < -0.39 is 26.5 Å². The van der Waals surface area contributed by atoms with E-state index >= 15 is 0 Å². The number of anilines is 1. The zero-order valence-electron chi connectivity index (χ0n) is 20.5. The first-order valence-electron chi connectivity index (χ1n) is 12.6. The molecule has 39 heavy (non-hydrogen) atoms. The summed E-state index contributed by atoms with van der Waals surface area (Å²) in [7, 11) is 0. The van der Waals surface area contributed by atoms with Gasteiger partial charge in [0.1, 0.15) is 6.61 Å². The molecule has 2 atom stereocenters. The van der Waals surface area contributed by atoms with Crippen LogP contribution in [-0.4, -0.2) is 17.8 Å². The van der Waals surface area contributed by atoms with Crippen LogP contribution in [0.1, 0.15) is 38.2 Å². The molecule has 4 aromatic carbocycles. The molecule has 0 radical (unpaired) electrons. The van der Waals surface area contributed by atoms with Gasteiger partial charge in [-0.25, -0.2) is 9.69 Å². The monoisotopic (exact) mass is 641 g/mol. The van der Waals surface area contributed by atoms with Gasteiger partial charge >= 0.3 is 5.97 Å². The number of imide groups is 1. The first-order valence-corrected chi connectivity index (χ1v) is 14.2. The summed E-state index contributed by atoms with van der Waals surface area (Å²) in [4.78, 5) is 42.6. The predicted octanol–water partition coefficient (Wildman–Crippen LogP) is 6.45. The summed E-state index contributed by atoms with van der Waals surface area (Å²) in [6.45, 7) is 0.129. The maximum Gasteiger partial charge on any atom is 0.338 e. The first kappa shape index (κ1) is 24.5. The first-order chi connectivity index (χ1) is 18.9. The van der Waals surface area contributed by atoms with Gasteiger partial charge in [0.15, 0.2) is 0 Å². The lowest BCUT2D eigenvalue weighted by molar-refractivity contribution is -0.122. The van der Waals surface area contributed by atoms with Crippen molar-refractivity contribution in [2.75, 3.05) is 4.90 Å². The molecule has 5 nitrogen and oxygen atoms in total. The number of nitrogens with zero attached hydrogens (tertiary/aromatic N) is 1. The summed E-state index contributed by atoms with van der Waals surface area (Å²) in [6.07, 6.45) is 0. The van der Waals surface area contributed by atoms with E-state index in [4.69, 9.17) is 4.74 Å². The third kappa shape index (κ3) is 3.26. The van der Waals surface area contributed by atoms with Crippen LogP contribution in [0.5, 0.6) is 0 Å². The van der Waals surface area contributed by atoms with E-state index in [1.165, 1.54) is 4.90 Å². The van der Waals surface area contributed by atoms with E-state index in [1.54, 1.807) is 24.3 Å². The standard InChI is InChI=1S/C32H21Br2NO4/c33-31-22-13-4-5-14-23(22)32(34,25-16-7-6-15-24(25)31)27-26(31)28(36)35(29(27)37)21-12-8-11-20(17-21)30(38)39-18-19-9-2-1-3-10-19/h1-17,26-27H,18H2/t26-,27-,31?,32?/m1/s1. The minimum absolute atomic E-state index is 0.129. The molecule has 1 aliphatic heterocycles. The van der Waals surface area contributed by atoms with Crippen molar-refractivity contribution in [3.05, 3.63) is 137 Å². The van der Waals surface area contributed by atoms with Crippen LogP contribution >= 0.6 is 31.9 Å². The maximum absolute atomic E-state index is 14.2. The lowest BCUT2D eigenvalue weighted by Gasteiger charge is -2.55. The summed E-state index contributed by atoms with van der Waals surface area (Å²) in [5.74, 6) is -2.48. The largest absolute Gasteiger partial charge is 0.457 e. The zero-order valence-corrected chi connectivity index (χ0v) is 23.7. The Morgan fingerprint density at radius 1 is 0.692 bits per heavy atom. The van der Waals surface area contributed by atoms with Crippen molar-refractivity contribution >= 4 is 55.3 Å². The quantitative estimate of drug-likeness (QED) is 0.146. The Kier molecular flexibility index (Phi) is 5.48. The number of ether oxygens (including phenoxy) is 1. The number of carbonyl (C=O) groups is 3. The highest BCUT2D eigenvalue weighted by Gasteiger charge is 2.72. The van der Waals surface area contributed by atoms with Gasteiger partial charge in [-0.15, -0.1) is 0 Å². The minimum Gasteiger partial charge on any atom is -0.457 e. The molecule has 2 amide bonds. The highest BCUT2D eigenvalue weighted by molar-refractivity contribution is 9.10. The molecule has 0 saturated carbocycles. The molecule has 4 aliphatic rings. The van der Waals surface area contributed by atoms with Crippen LogP contribution in [-0.2, 0) is 29.6 Å². The van der Waals surface area contributed by atoms with Crippen LogP contribution in [0.4, 0.5) is 5.69 Å². The second-order valence-electron chi connectivity index (χ2n) is 10.1. The molecule has 3 aliphatic carbocycles. The predicted molar refractivity (Wildman–Crippen MR) is 154 cm³/mol. The molecule has 0 unspecified atom stereocenters.